The molecule has 0 aliphatic carbocycles. The van der Waals surface area contributed by atoms with Gasteiger partial charge in [0.05, 0.1) is 18.2 Å². The highest BCUT2D eigenvalue weighted by Gasteiger charge is 2.29. The van der Waals surface area contributed by atoms with Crippen molar-refractivity contribution in [3.63, 3.8) is 0 Å². The number of aromatic nitrogens is 4. The average Bonchev–Trinajstić information content (AvgIpc) is 3.25. The van der Waals surface area contributed by atoms with Crippen LogP contribution in [0.4, 0.5) is 0 Å². The first-order chi connectivity index (χ1) is 15.9. The van der Waals surface area contributed by atoms with Gasteiger partial charge in [-0.25, -0.2) is 9.97 Å². The van der Waals surface area contributed by atoms with Crippen LogP contribution < -0.4 is 4.74 Å². The standard InChI is InChI=1S/C25H23ClN4O3/c1-25(2,24(31)32-3)15-33-20-12-10-17(13-28-20)19-11-9-18(14-27-19)23-29-21(22(26)30-23)16-7-5-4-6-8-16/h4-14H,15H2,1-3H3,(H,29,30). The predicted molar refractivity (Wildman–Crippen MR) is 127 cm³/mol. The van der Waals surface area contributed by atoms with E-state index < -0.39 is 5.41 Å². The van der Waals surface area contributed by atoms with E-state index in [0.717, 1.165) is 22.4 Å². The maximum atomic E-state index is 11.8. The summed E-state index contributed by atoms with van der Waals surface area (Å²) in [5.41, 5.74) is 3.30. The molecule has 8 heteroatoms. The van der Waals surface area contributed by atoms with E-state index in [2.05, 4.69) is 19.9 Å². The van der Waals surface area contributed by atoms with E-state index in [0.29, 0.717) is 22.6 Å². The van der Waals surface area contributed by atoms with Crippen molar-refractivity contribution in [2.75, 3.05) is 13.7 Å². The van der Waals surface area contributed by atoms with E-state index in [4.69, 9.17) is 21.1 Å². The zero-order valence-electron chi connectivity index (χ0n) is 18.5. The summed E-state index contributed by atoms with van der Waals surface area (Å²) in [6, 6.07) is 17.2. The van der Waals surface area contributed by atoms with E-state index >= 15 is 0 Å². The van der Waals surface area contributed by atoms with E-state index in [1.54, 1.807) is 32.3 Å². The number of H-pyrrole nitrogens is 1. The number of carbonyl (C=O) groups excluding carboxylic acids is 1. The fourth-order valence-corrected chi connectivity index (χ4v) is 3.43. The molecule has 3 heterocycles. The Balaban J connectivity index is 1.46. The number of imidazole rings is 1. The van der Waals surface area contributed by atoms with Crippen LogP contribution in [-0.4, -0.2) is 39.6 Å². The molecular weight excluding hydrogens is 440 g/mol. The maximum absolute atomic E-state index is 11.8. The highest BCUT2D eigenvalue weighted by Crippen LogP contribution is 2.29. The van der Waals surface area contributed by atoms with Crippen LogP contribution in [-0.2, 0) is 9.53 Å². The second-order valence-corrected chi connectivity index (χ2v) is 8.47. The van der Waals surface area contributed by atoms with Crippen molar-refractivity contribution in [2.24, 2.45) is 5.41 Å². The van der Waals surface area contributed by atoms with Crippen LogP contribution in [0.3, 0.4) is 0 Å². The first kappa shape index (κ1) is 22.5. The maximum Gasteiger partial charge on any atom is 0.314 e. The summed E-state index contributed by atoms with van der Waals surface area (Å²) >= 11 is 6.37. The van der Waals surface area contributed by atoms with Gasteiger partial charge in [0.15, 0.2) is 0 Å². The van der Waals surface area contributed by atoms with Gasteiger partial charge in [-0.15, -0.1) is 0 Å². The average molecular weight is 463 g/mol. The molecule has 0 aliphatic heterocycles. The normalized spacial score (nSPS) is 11.3. The zero-order valence-corrected chi connectivity index (χ0v) is 19.3. The molecule has 0 radical (unpaired) electrons. The van der Waals surface area contributed by atoms with E-state index in [9.17, 15) is 4.79 Å². The van der Waals surface area contributed by atoms with Crippen LogP contribution in [0.15, 0.2) is 67.0 Å². The van der Waals surface area contributed by atoms with Crippen molar-refractivity contribution in [3.05, 3.63) is 72.1 Å². The van der Waals surface area contributed by atoms with Crippen LogP contribution in [0, 0.1) is 5.41 Å². The lowest BCUT2D eigenvalue weighted by atomic mass is 9.95. The van der Waals surface area contributed by atoms with Gasteiger partial charge >= 0.3 is 5.97 Å². The summed E-state index contributed by atoms with van der Waals surface area (Å²) in [6.45, 7) is 3.68. The fourth-order valence-electron chi connectivity index (χ4n) is 3.19. The number of nitrogens with zero attached hydrogens (tertiary/aromatic N) is 3. The minimum atomic E-state index is -0.762. The quantitative estimate of drug-likeness (QED) is 0.368. The second-order valence-electron chi connectivity index (χ2n) is 8.10. The molecule has 3 aromatic heterocycles. The summed E-state index contributed by atoms with van der Waals surface area (Å²) in [4.78, 5) is 28.4. The first-order valence-corrected chi connectivity index (χ1v) is 10.7. The smallest absolute Gasteiger partial charge is 0.314 e. The van der Waals surface area contributed by atoms with Gasteiger partial charge < -0.3 is 14.5 Å². The molecule has 0 spiro atoms. The highest BCUT2D eigenvalue weighted by atomic mass is 35.5. The third-order valence-electron chi connectivity index (χ3n) is 5.09. The lowest BCUT2D eigenvalue weighted by Gasteiger charge is -2.21. The number of aromatic amines is 1. The van der Waals surface area contributed by atoms with Crippen LogP contribution in [0.2, 0.25) is 5.15 Å². The van der Waals surface area contributed by atoms with Crippen molar-refractivity contribution < 1.29 is 14.3 Å². The Morgan fingerprint density at radius 1 is 0.970 bits per heavy atom. The molecular formula is C25H23ClN4O3. The lowest BCUT2D eigenvalue weighted by molar-refractivity contribution is -0.152. The minimum absolute atomic E-state index is 0.162. The van der Waals surface area contributed by atoms with Crippen molar-refractivity contribution in [2.45, 2.75) is 13.8 Å². The summed E-state index contributed by atoms with van der Waals surface area (Å²) in [6.07, 6.45) is 3.42. The number of carbonyl (C=O) groups is 1. The monoisotopic (exact) mass is 462 g/mol. The minimum Gasteiger partial charge on any atom is -0.476 e. The Kier molecular flexibility index (Phi) is 6.42. The second kappa shape index (κ2) is 9.42. The van der Waals surface area contributed by atoms with Crippen LogP contribution in [0.25, 0.3) is 33.9 Å². The van der Waals surface area contributed by atoms with Crippen molar-refractivity contribution in [1.29, 1.82) is 0 Å². The van der Waals surface area contributed by atoms with Gasteiger partial charge in [-0.3, -0.25) is 9.78 Å². The van der Waals surface area contributed by atoms with Gasteiger partial charge in [0, 0.05) is 35.2 Å². The summed E-state index contributed by atoms with van der Waals surface area (Å²) in [5, 5.41) is 0.482. The third-order valence-corrected chi connectivity index (χ3v) is 5.37. The molecule has 0 amide bonds. The molecule has 0 aliphatic rings. The number of hydrogen-bond donors (Lipinski definition) is 1. The van der Waals surface area contributed by atoms with E-state index in [1.807, 2.05) is 48.5 Å². The Morgan fingerprint density at radius 3 is 2.33 bits per heavy atom. The molecule has 4 rings (SSSR count). The van der Waals surface area contributed by atoms with E-state index in [1.165, 1.54) is 7.11 Å². The van der Waals surface area contributed by atoms with Gasteiger partial charge in [-0.1, -0.05) is 41.9 Å². The number of nitrogens with one attached hydrogen (secondary N) is 1. The van der Waals surface area contributed by atoms with Gasteiger partial charge in [-0.2, -0.15) is 0 Å². The zero-order chi connectivity index (χ0) is 23.4. The number of ether oxygens (including phenoxy) is 2. The molecule has 0 atom stereocenters. The number of esters is 1. The van der Waals surface area contributed by atoms with Crippen LogP contribution in [0.1, 0.15) is 13.8 Å². The van der Waals surface area contributed by atoms with E-state index in [-0.39, 0.29) is 12.6 Å². The Hall–Kier alpha value is -3.71. The Bertz CT molecular complexity index is 1240. The highest BCUT2D eigenvalue weighted by molar-refractivity contribution is 6.32. The molecule has 7 nitrogen and oxygen atoms in total. The van der Waals surface area contributed by atoms with Gasteiger partial charge in [0.2, 0.25) is 5.88 Å². The molecule has 0 unspecified atom stereocenters. The molecule has 1 aromatic carbocycles. The molecule has 0 saturated heterocycles. The summed E-state index contributed by atoms with van der Waals surface area (Å²) < 4.78 is 10.4. The topological polar surface area (TPSA) is 90.0 Å². The summed E-state index contributed by atoms with van der Waals surface area (Å²) in [7, 11) is 1.36. The van der Waals surface area contributed by atoms with Gasteiger partial charge in [0.25, 0.3) is 0 Å². The molecule has 33 heavy (non-hydrogen) atoms. The number of pyridine rings is 2. The van der Waals surface area contributed by atoms with Gasteiger partial charge in [0.1, 0.15) is 23.3 Å². The Morgan fingerprint density at radius 2 is 1.70 bits per heavy atom. The third kappa shape index (κ3) is 5.04. The van der Waals surface area contributed by atoms with Crippen molar-refractivity contribution in [3.8, 4) is 39.8 Å². The molecule has 0 saturated carbocycles. The van der Waals surface area contributed by atoms with Crippen LogP contribution in [0.5, 0.6) is 5.88 Å². The molecule has 168 valence electrons. The molecule has 4 aromatic rings. The first-order valence-electron chi connectivity index (χ1n) is 10.3. The predicted octanol–water partition coefficient (Wildman–Crippen LogP) is 5.43. The SMILES string of the molecule is COC(=O)C(C)(C)COc1ccc(-c2ccc(-c3nc(-c4ccccc4)c(Cl)[nH]3)cn2)cn1. The van der Waals surface area contributed by atoms with Gasteiger partial charge in [-0.05, 0) is 32.0 Å². The number of hydrogen-bond acceptors (Lipinski definition) is 6. The number of methoxy groups -OCH3 is 1. The molecule has 1 N–H and O–H groups in total. The number of halogens is 1. The number of rotatable bonds is 7. The molecule has 0 fully saturated rings. The fraction of sp³-hybridized carbons (Fsp3) is 0.200. The van der Waals surface area contributed by atoms with Crippen molar-refractivity contribution >= 4 is 17.6 Å². The van der Waals surface area contributed by atoms with Crippen LogP contribution >= 0.6 is 11.6 Å². The largest absolute Gasteiger partial charge is 0.476 e. The number of benzene rings is 1. The summed E-state index contributed by atoms with van der Waals surface area (Å²) in [5.74, 6) is 0.733. The van der Waals surface area contributed by atoms with Crippen molar-refractivity contribution in [1.82, 2.24) is 19.9 Å². The lowest BCUT2D eigenvalue weighted by Crippen LogP contribution is -2.32. The molecule has 0 bridgehead atoms. The Labute approximate surface area is 196 Å².